The Morgan fingerprint density at radius 1 is 0.857 bits per heavy atom. The van der Waals surface area contributed by atoms with Gasteiger partial charge < -0.3 is 0 Å². The summed E-state index contributed by atoms with van der Waals surface area (Å²) in [5.41, 5.74) is 3.14. The maximum absolute atomic E-state index is 13.8. The molecule has 0 bridgehead atoms. The molecule has 4 heteroatoms. The minimum absolute atomic E-state index is 0.158. The quantitative estimate of drug-likeness (QED) is 0.696. The van der Waals surface area contributed by atoms with Gasteiger partial charge in [0, 0.05) is 23.5 Å². The summed E-state index contributed by atoms with van der Waals surface area (Å²) in [5, 5.41) is 0. The second-order valence-corrected chi connectivity index (χ2v) is 4.70. The van der Waals surface area contributed by atoms with E-state index in [1.807, 2.05) is 25.1 Å². The number of aryl methyl sites for hydroxylation is 1. The SMILES string of the molecule is Cc1cc(-c2cccc(F)c2F)ncc1-c1ccccn1. The number of nitrogens with zero attached hydrogens (tertiary/aromatic N) is 2. The Hall–Kier alpha value is -2.62. The molecule has 0 atom stereocenters. The molecule has 0 amide bonds. The highest BCUT2D eigenvalue weighted by Crippen LogP contribution is 2.27. The van der Waals surface area contributed by atoms with Gasteiger partial charge in [0.2, 0.25) is 0 Å². The predicted molar refractivity (Wildman–Crippen MR) is 77.6 cm³/mol. The molecule has 3 rings (SSSR count). The Balaban J connectivity index is 2.08. The van der Waals surface area contributed by atoms with Gasteiger partial charge in [0.1, 0.15) is 0 Å². The first-order valence-electron chi connectivity index (χ1n) is 6.49. The van der Waals surface area contributed by atoms with E-state index in [1.165, 1.54) is 12.1 Å². The van der Waals surface area contributed by atoms with Crippen LogP contribution in [0.3, 0.4) is 0 Å². The molecule has 0 aliphatic carbocycles. The lowest BCUT2D eigenvalue weighted by atomic mass is 10.0. The van der Waals surface area contributed by atoms with Crippen LogP contribution in [0.4, 0.5) is 8.78 Å². The van der Waals surface area contributed by atoms with Crippen molar-refractivity contribution in [3.63, 3.8) is 0 Å². The minimum Gasteiger partial charge on any atom is -0.256 e. The highest BCUT2D eigenvalue weighted by molar-refractivity contribution is 5.68. The van der Waals surface area contributed by atoms with Crippen molar-refractivity contribution >= 4 is 0 Å². The molecule has 104 valence electrons. The lowest BCUT2D eigenvalue weighted by Gasteiger charge is -2.08. The molecule has 2 aromatic heterocycles. The van der Waals surface area contributed by atoms with Crippen LogP contribution in [0.25, 0.3) is 22.5 Å². The third-order valence-electron chi connectivity index (χ3n) is 3.28. The molecule has 2 heterocycles. The van der Waals surface area contributed by atoms with Gasteiger partial charge in [0.05, 0.1) is 11.4 Å². The smallest absolute Gasteiger partial charge is 0.168 e. The second-order valence-electron chi connectivity index (χ2n) is 4.70. The molecule has 0 radical (unpaired) electrons. The van der Waals surface area contributed by atoms with Gasteiger partial charge in [-0.05, 0) is 42.8 Å². The number of pyridine rings is 2. The van der Waals surface area contributed by atoms with E-state index in [0.717, 1.165) is 22.9 Å². The first-order chi connectivity index (χ1) is 10.2. The van der Waals surface area contributed by atoms with E-state index in [1.54, 1.807) is 18.5 Å². The fraction of sp³-hybridized carbons (Fsp3) is 0.0588. The average molecular weight is 282 g/mol. The van der Waals surface area contributed by atoms with Gasteiger partial charge in [-0.25, -0.2) is 8.78 Å². The van der Waals surface area contributed by atoms with Crippen molar-refractivity contribution in [1.82, 2.24) is 9.97 Å². The Bertz CT molecular complexity index is 786. The maximum atomic E-state index is 13.8. The van der Waals surface area contributed by atoms with Crippen molar-refractivity contribution in [2.45, 2.75) is 6.92 Å². The van der Waals surface area contributed by atoms with Crippen molar-refractivity contribution < 1.29 is 8.78 Å². The normalized spacial score (nSPS) is 10.6. The molecule has 0 saturated carbocycles. The largest absolute Gasteiger partial charge is 0.256 e. The number of benzene rings is 1. The highest BCUT2D eigenvalue weighted by Gasteiger charge is 2.12. The molecule has 21 heavy (non-hydrogen) atoms. The topological polar surface area (TPSA) is 25.8 Å². The van der Waals surface area contributed by atoms with Crippen LogP contribution < -0.4 is 0 Å². The highest BCUT2D eigenvalue weighted by atomic mass is 19.2. The molecule has 0 fully saturated rings. The zero-order valence-corrected chi connectivity index (χ0v) is 11.3. The molecule has 3 aromatic rings. The standard InChI is InChI=1S/C17H12F2N2/c1-11-9-16(12-5-4-6-14(18)17(12)19)21-10-13(11)15-7-2-3-8-20-15/h2-10H,1H3. The molecular formula is C17H12F2N2. The van der Waals surface area contributed by atoms with E-state index in [-0.39, 0.29) is 5.56 Å². The monoisotopic (exact) mass is 282 g/mol. The molecule has 0 N–H and O–H groups in total. The first kappa shape index (κ1) is 13.4. The second kappa shape index (κ2) is 5.40. The van der Waals surface area contributed by atoms with Crippen LogP contribution in [0.5, 0.6) is 0 Å². The summed E-state index contributed by atoms with van der Waals surface area (Å²) in [5.74, 6) is -1.75. The van der Waals surface area contributed by atoms with E-state index in [2.05, 4.69) is 9.97 Å². The summed E-state index contributed by atoms with van der Waals surface area (Å²) in [4.78, 5) is 8.51. The molecular weight excluding hydrogens is 270 g/mol. The molecule has 0 unspecified atom stereocenters. The third kappa shape index (κ3) is 2.52. The third-order valence-corrected chi connectivity index (χ3v) is 3.28. The fourth-order valence-electron chi connectivity index (χ4n) is 2.20. The van der Waals surface area contributed by atoms with Gasteiger partial charge in [-0.15, -0.1) is 0 Å². The fourth-order valence-corrected chi connectivity index (χ4v) is 2.20. The Kier molecular flexibility index (Phi) is 3.44. The van der Waals surface area contributed by atoms with Gasteiger partial charge in [-0.1, -0.05) is 12.1 Å². The van der Waals surface area contributed by atoms with Crippen LogP contribution in [0, 0.1) is 18.6 Å². The molecule has 0 spiro atoms. The zero-order valence-electron chi connectivity index (χ0n) is 11.3. The lowest BCUT2D eigenvalue weighted by Crippen LogP contribution is -1.94. The van der Waals surface area contributed by atoms with Gasteiger partial charge >= 0.3 is 0 Å². The summed E-state index contributed by atoms with van der Waals surface area (Å²) >= 11 is 0. The van der Waals surface area contributed by atoms with Crippen LogP contribution in [-0.2, 0) is 0 Å². The van der Waals surface area contributed by atoms with Gasteiger partial charge in [0.25, 0.3) is 0 Å². The van der Waals surface area contributed by atoms with Gasteiger partial charge in [0.15, 0.2) is 11.6 Å². The zero-order chi connectivity index (χ0) is 14.8. The van der Waals surface area contributed by atoms with Crippen molar-refractivity contribution in [2.75, 3.05) is 0 Å². The number of aromatic nitrogens is 2. The van der Waals surface area contributed by atoms with Crippen molar-refractivity contribution in [1.29, 1.82) is 0 Å². The van der Waals surface area contributed by atoms with Crippen molar-refractivity contribution in [3.05, 3.63) is 72.1 Å². The van der Waals surface area contributed by atoms with Gasteiger partial charge in [-0.2, -0.15) is 0 Å². The number of hydrogen-bond donors (Lipinski definition) is 0. The Morgan fingerprint density at radius 3 is 2.43 bits per heavy atom. The van der Waals surface area contributed by atoms with E-state index in [0.29, 0.717) is 5.69 Å². The van der Waals surface area contributed by atoms with E-state index < -0.39 is 11.6 Å². The van der Waals surface area contributed by atoms with Crippen LogP contribution >= 0.6 is 0 Å². The number of halogens is 2. The summed E-state index contributed by atoms with van der Waals surface area (Å²) in [7, 11) is 0. The van der Waals surface area contributed by atoms with Crippen LogP contribution in [0.2, 0.25) is 0 Å². The maximum Gasteiger partial charge on any atom is 0.168 e. The van der Waals surface area contributed by atoms with Crippen LogP contribution in [-0.4, -0.2) is 9.97 Å². The number of hydrogen-bond acceptors (Lipinski definition) is 2. The predicted octanol–water partition coefficient (Wildman–Crippen LogP) is 4.40. The molecule has 0 saturated heterocycles. The summed E-state index contributed by atoms with van der Waals surface area (Å²) in [6.45, 7) is 1.90. The average Bonchev–Trinajstić information content (AvgIpc) is 2.51. The minimum atomic E-state index is -0.880. The summed E-state index contributed by atoms with van der Waals surface area (Å²) < 4.78 is 27.1. The molecule has 2 nitrogen and oxygen atoms in total. The van der Waals surface area contributed by atoms with E-state index in [4.69, 9.17) is 0 Å². The number of rotatable bonds is 2. The van der Waals surface area contributed by atoms with Crippen molar-refractivity contribution in [2.24, 2.45) is 0 Å². The Labute approximate surface area is 121 Å². The lowest BCUT2D eigenvalue weighted by molar-refractivity contribution is 0.511. The summed E-state index contributed by atoms with van der Waals surface area (Å²) in [6.07, 6.45) is 3.34. The van der Waals surface area contributed by atoms with Gasteiger partial charge in [-0.3, -0.25) is 9.97 Å². The summed E-state index contributed by atoms with van der Waals surface area (Å²) in [6, 6.07) is 11.4. The van der Waals surface area contributed by atoms with E-state index >= 15 is 0 Å². The first-order valence-corrected chi connectivity index (χ1v) is 6.49. The Morgan fingerprint density at radius 2 is 1.71 bits per heavy atom. The van der Waals surface area contributed by atoms with Crippen LogP contribution in [0.15, 0.2) is 54.9 Å². The molecule has 0 aliphatic rings. The molecule has 1 aromatic carbocycles. The molecule has 0 aliphatic heterocycles. The van der Waals surface area contributed by atoms with Crippen LogP contribution in [0.1, 0.15) is 5.56 Å². The van der Waals surface area contributed by atoms with E-state index in [9.17, 15) is 8.78 Å². The van der Waals surface area contributed by atoms with Crippen molar-refractivity contribution in [3.8, 4) is 22.5 Å².